The normalized spacial score (nSPS) is 22.5. The Labute approximate surface area is 75.4 Å². The van der Waals surface area contributed by atoms with E-state index in [1.807, 2.05) is 0 Å². The van der Waals surface area contributed by atoms with Gasteiger partial charge < -0.3 is 10.4 Å². The van der Waals surface area contributed by atoms with E-state index in [9.17, 15) is 0 Å². The number of nitrogens with one attached hydrogen (secondary N) is 1. The Hall–Kier alpha value is -0.0800. The summed E-state index contributed by atoms with van der Waals surface area (Å²) in [5, 5.41) is 12.0. The van der Waals surface area contributed by atoms with E-state index in [2.05, 4.69) is 12.2 Å². The highest BCUT2D eigenvalue weighted by molar-refractivity contribution is 4.75. The van der Waals surface area contributed by atoms with Crippen molar-refractivity contribution in [2.45, 2.75) is 45.1 Å². The summed E-state index contributed by atoms with van der Waals surface area (Å²) in [5.74, 6) is 0.852. The molecule has 1 atom stereocenters. The van der Waals surface area contributed by atoms with Gasteiger partial charge in [-0.15, -0.1) is 0 Å². The molecule has 1 fully saturated rings. The molecule has 0 radical (unpaired) electrons. The van der Waals surface area contributed by atoms with Gasteiger partial charge >= 0.3 is 0 Å². The topological polar surface area (TPSA) is 32.3 Å². The second-order valence-electron chi connectivity index (χ2n) is 3.86. The van der Waals surface area contributed by atoms with Gasteiger partial charge in [-0.25, -0.2) is 0 Å². The molecule has 0 aliphatic heterocycles. The second kappa shape index (κ2) is 5.55. The fourth-order valence-corrected chi connectivity index (χ4v) is 2.09. The first-order chi connectivity index (χ1) is 5.84. The first-order valence-corrected chi connectivity index (χ1v) is 5.19. The summed E-state index contributed by atoms with van der Waals surface area (Å²) in [4.78, 5) is 0. The van der Waals surface area contributed by atoms with Gasteiger partial charge in [-0.05, 0) is 25.7 Å². The predicted molar refractivity (Wildman–Crippen MR) is 51.1 cm³/mol. The molecule has 0 amide bonds. The number of rotatable bonds is 4. The third kappa shape index (κ3) is 3.11. The van der Waals surface area contributed by atoms with E-state index >= 15 is 0 Å². The molecule has 1 saturated carbocycles. The van der Waals surface area contributed by atoms with Gasteiger partial charge in [-0.1, -0.05) is 19.3 Å². The van der Waals surface area contributed by atoms with E-state index in [0.29, 0.717) is 6.04 Å². The van der Waals surface area contributed by atoms with E-state index in [4.69, 9.17) is 5.11 Å². The molecule has 2 N–H and O–H groups in total. The SMILES string of the molecule is C[C@H](NCCO)C1CCCCC1. The Balaban J connectivity index is 2.15. The lowest BCUT2D eigenvalue weighted by Crippen LogP contribution is -2.36. The molecule has 0 unspecified atom stereocenters. The maximum Gasteiger partial charge on any atom is 0.0556 e. The summed E-state index contributed by atoms with van der Waals surface area (Å²) in [7, 11) is 0. The molecule has 0 aromatic carbocycles. The molecule has 1 aliphatic carbocycles. The largest absolute Gasteiger partial charge is 0.395 e. The molecule has 0 aromatic rings. The Morgan fingerprint density at radius 3 is 2.58 bits per heavy atom. The van der Waals surface area contributed by atoms with E-state index in [0.717, 1.165) is 12.5 Å². The van der Waals surface area contributed by atoms with Crippen LogP contribution < -0.4 is 5.32 Å². The van der Waals surface area contributed by atoms with Crippen molar-refractivity contribution in [3.05, 3.63) is 0 Å². The lowest BCUT2D eigenvalue weighted by Gasteiger charge is -2.28. The van der Waals surface area contributed by atoms with Crippen LogP contribution in [-0.4, -0.2) is 24.3 Å². The van der Waals surface area contributed by atoms with E-state index in [1.54, 1.807) is 0 Å². The highest BCUT2D eigenvalue weighted by Gasteiger charge is 2.18. The summed E-state index contributed by atoms with van der Waals surface area (Å²) >= 11 is 0. The molecule has 1 aliphatic rings. The highest BCUT2D eigenvalue weighted by Crippen LogP contribution is 2.25. The minimum Gasteiger partial charge on any atom is -0.395 e. The number of aliphatic hydroxyl groups excluding tert-OH is 1. The smallest absolute Gasteiger partial charge is 0.0556 e. The van der Waals surface area contributed by atoms with Gasteiger partial charge in [0.2, 0.25) is 0 Å². The summed E-state index contributed by atoms with van der Waals surface area (Å²) < 4.78 is 0. The second-order valence-corrected chi connectivity index (χ2v) is 3.86. The standard InChI is InChI=1S/C10H21NO/c1-9(11-7-8-12)10-5-3-2-4-6-10/h9-12H,2-8H2,1H3/t9-/m0/s1. The van der Waals surface area contributed by atoms with E-state index < -0.39 is 0 Å². The third-order valence-corrected chi connectivity index (χ3v) is 2.94. The first kappa shape index (κ1) is 10.0. The number of hydrogen-bond acceptors (Lipinski definition) is 2. The maximum atomic E-state index is 8.65. The minimum absolute atomic E-state index is 0.261. The van der Waals surface area contributed by atoms with Crippen LogP contribution in [0.2, 0.25) is 0 Å². The number of aliphatic hydroxyl groups is 1. The predicted octanol–water partition coefficient (Wildman–Crippen LogP) is 1.54. The van der Waals surface area contributed by atoms with Gasteiger partial charge in [0.1, 0.15) is 0 Å². The molecular formula is C10H21NO. The molecule has 12 heavy (non-hydrogen) atoms. The van der Waals surface area contributed by atoms with Gasteiger partial charge in [-0.2, -0.15) is 0 Å². The van der Waals surface area contributed by atoms with Gasteiger partial charge in [0.25, 0.3) is 0 Å². The fourth-order valence-electron chi connectivity index (χ4n) is 2.09. The fraction of sp³-hybridized carbons (Fsp3) is 1.00. The van der Waals surface area contributed by atoms with Crippen LogP contribution in [0.4, 0.5) is 0 Å². The Bertz CT molecular complexity index is 110. The summed E-state index contributed by atoms with van der Waals surface area (Å²) in [5.41, 5.74) is 0. The molecule has 0 heterocycles. The third-order valence-electron chi connectivity index (χ3n) is 2.94. The van der Waals surface area contributed by atoms with Crippen LogP contribution in [-0.2, 0) is 0 Å². The molecule has 0 saturated heterocycles. The molecule has 0 bridgehead atoms. The van der Waals surface area contributed by atoms with Gasteiger partial charge in [-0.3, -0.25) is 0 Å². The van der Waals surface area contributed by atoms with Gasteiger partial charge in [0.15, 0.2) is 0 Å². The van der Waals surface area contributed by atoms with Crippen LogP contribution in [0.15, 0.2) is 0 Å². The Morgan fingerprint density at radius 1 is 1.33 bits per heavy atom. The van der Waals surface area contributed by atoms with Crippen LogP contribution in [0.5, 0.6) is 0 Å². The highest BCUT2D eigenvalue weighted by atomic mass is 16.3. The Morgan fingerprint density at radius 2 is 2.00 bits per heavy atom. The monoisotopic (exact) mass is 171 g/mol. The molecule has 1 rings (SSSR count). The zero-order chi connectivity index (χ0) is 8.81. The van der Waals surface area contributed by atoms with Crippen LogP contribution in [0.1, 0.15) is 39.0 Å². The molecular weight excluding hydrogens is 150 g/mol. The minimum atomic E-state index is 0.261. The van der Waals surface area contributed by atoms with Crippen LogP contribution in [0, 0.1) is 5.92 Å². The average Bonchev–Trinajstić information content (AvgIpc) is 2.15. The van der Waals surface area contributed by atoms with Crippen LogP contribution in [0.3, 0.4) is 0 Å². The summed E-state index contributed by atoms with van der Waals surface area (Å²) in [6.07, 6.45) is 6.97. The maximum absolute atomic E-state index is 8.65. The average molecular weight is 171 g/mol. The van der Waals surface area contributed by atoms with Crippen molar-refractivity contribution < 1.29 is 5.11 Å². The quantitative estimate of drug-likeness (QED) is 0.672. The van der Waals surface area contributed by atoms with Crippen molar-refractivity contribution >= 4 is 0 Å². The lowest BCUT2D eigenvalue weighted by atomic mass is 9.84. The van der Waals surface area contributed by atoms with Crippen molar-refractivity contribution in [2.24, 2.45) is 5.92 Å². The van der Waals surface area contributed by atoms with Crippen LogP contribution in [0.25, 0.3) is 0 Å². The van der Waals surface area contributed by atoms with Crippen molar-refractivity contribution in [1.82, 2.24) is 5.32 Å². The molecule has 2 nitrogen and oxygen atoms in total. The van der Waals surface area contributed by atoms with Gasteiger partial charge in [0, 0.05) is 12.6 Å². The molecule has 0 spiro atoms. The van der Waals surface area contributed by atoms with Crippen LogP contribution >= 0.6 is 0 Å². The zero-order valence-corrected chi connectivity index (χ0v) is 8.05. The first-order valence-electron chi connectivity index (χ1n) is 5.19. The zero-order valence-electron chi connectivity index (χ0n) is 8.05. The summed E-state index contributed by atoms with van der Waals surface area (Å²) in [6.45, 7) is 3.25. The van der Waals surface area contributed by atoms with Gasteiger partial charge in [0.05, 0.1) is 6.61 Å². The van der Waals surface area contributed by atoms with Crippen molar-refractivity contribution in [3.8, 4) is 0 Å². The molecule has 0 aromatic heterocycles. The van der Waals surface area contributed by atoms with Crippen molar-refractivity contribution in [1.29, 1.82) is 0 Å². The Kier molecular flexibility index (Phi) is 4.62. The molecule has 72 valence electrons. The van der Waals surface area contributed by atoms with E-state index in [1.165, 1.54) is 32.1 Å². The number of hydrogen-bond donors (Lipinski definition) is 2. The van der Waals surface area contributed by atoms with Crippen molar-refractivity contribution in [3.63, 3.8) is 0 Å². The van der Waals surface area contributed by atoms with E-state index in [-0.39, 0.29) is 6.61 Å². The van der Waals surface area contributed by atoms with Crippen molar-refractivity contribution in [2.75, 3.05) is 13.2 Å². The lowest BCUT2D eigenvalue weighted by molar-refractivity contribution is 0.247. The molecule has 2 heteroatoms. The summed E-state index contributed by atoms with van der Waals surface area (Å²) in [6, 6.07) is 0.595.